The van der Waals surface area contributed by atoms with Crippen LogP contribution >= 0.6 is 0 Å². The minimum atomic E-state index is -1.31. The van der Waals surface area contributed by atoms with Crippen LogP contribution in [-0.4, -0.2) is 50.6 Å². The summed E-state index contributed by atoms with van der Waals surface area (Å²) in [5.41, 5.74) is -0.916. The van der Waals surface area contributed by atoms with Crippen LogP contribution in [0.15, 0.2) is 0 Å². The third-order valence-corrected chi connectivity index (χ3v) is 11.9. The molecule has 5 heteroatoms. The number of aliphatic hydroxyl groups excluding tert-OH is 2. The number of rotatable bonds is 4. The van der Waals surface area contributed by atoms with Gasteiger partial charge in [0.05, 0.1) is 12.2 Å². The molecule has 5 nitrogen and oxygen atoms in total. The summed E-state index contributed by atoms with van der Waals surface area (Å²) in [4.78, 5) is 0. The Bertz CT molecular complexity index is 729. The number of aliphatic hydroxyl groups is 4. The standard InChI is InChI=1S/C27H46O5/c1-16(15-28)7-12-26(30)17(2)27(31)23(32-26)14-22-20-6-5-18-13-19(29)8-10-24(18,3)21(20)9-11-25(22,27)4/h16-23,28-31H,5-15H2,1-4H3/t16?,17-,18?,19?,20-,21+,22+,23+,24+,25+,26?,27-/m1/s1. The zero-order valence-corrected chi connectivity index (χ0v) is 20.6. The Hall–Kier alpha value is -0.200. The zero-order chi connectivity index (χ0) is 23.1. The average molecular weight is 451 g/mol. The minimum Gasteiger partial charge on any atom is -0.396 e. The first-order valence-electron chi connectivity index (χ1n) is 13.4. The van der Waals surface area contributed by atoms with Gasteiger partial charge in [-0.2, -0.15) is 0 Å². The van der Waals surface area contributed by atoms with Crippen molar-refractivity contribution in [2.24, 2.45) is 46.3 Å². The molecular weight excluding hydrogens is 404 g/mol. The van der Waals surface area contributed by atoms with Crippen LogP contribution < -0.4 is 0 Å². The molecule has 4 N–H and O–H groups in total. The molecule has 0 bridgehead atoms. The summed E-state index contributed by atoms with van der Waals surface area (Å²) in [6, 6.07) is 0. The second kappa shape index (κ2) is 7.65. The predicted octanol–water partition coefficient (Wildman–Crippen LogP) is 3.86. The van der Waals surface area contributed by atoms with Gasteiger partial charge in [0.15, 0.2) is 5.79 Å². The summed E-state index contributed by atoms with van der Waals surface area (Å²) < 4.78 is 6.36. The topological polar surface area (TPSA) is 90.2 Å². The lowest BCUT2D eigenvalue weighted by molar-refractivity contribution is -0.226. The number of ether oxygens (including phenoxy) is 1. The Balaban J connectivity index is 1.39. The van der Waals surface area contributed by atoms with Crippen molar-refractivity contribution in [1.82, 2.24) is 0 Å². The maximum Gasteiger partial charge on any atom is 0.171 e. The fourth-order valence-electron chi connectivity index (χ4n) is 9.69. The van der Waals surface area contributed by atoms with Crippen LogP contribution in [0, 0.1) is 46.3 Å². The van der Waals surface area contributed by atoms with Crippen LogP contribution in [0.1, 0.15) is 91.9 Å². The van der Waals surface area contributed by atoms with E-state index in [1.807, 2.05) is 13.8 Å². The van der Waals surface area contributed by atoms with E-state index in [1.54, 1.807) is 0 Å². The van der Waals surface area contributed by atoms with Gasteiger partial charge in [-0.1, -0.05) is 27.7 Å². The van der Waals surface area contributed by atoms with Crippen molar-refractivity contribution in [3.8, 4) is 0 Å². The quantitative estimate of drug-likeness (QED) is 0.522. The van der Waals surface area contributed by atoms with Gasteiger partial charge in [0.1, 0.15) is 5.60 Å². The van der Waals surface area contributed by atoms with Gasteiger partial charge in [0.2, 0.25) is 0 Å². The summed E-state index contributed by atoms with van der Waals surface area (Å²) in [5.74, 6) is 0.824. The first kappa shape index (κ1) is 23.5. The van der Waals surface area contributed by atoms with E-state index < -0.39 is 11.4 Å². The molecule has 1 saturated heterocycles. The summed E-state index contributed by atoms with van der Waals surface area (Å²) in [6.07, 6.45) is 9.14. The second-order valence-electron chi connectivity index (χ2n) is 13.1. The maximum atomic E-state index is 12.3. The first-order valence-corrected chi connectivity index (χ1v) is 13.4. The molecule has 184 valence electrons. The Morgan fingerprint density at radius 2 is 1.75 bits per heavy atom. The molecule has 0 spiro atoms. The Kier molecular flexibility index (Phi) is 5.63. The van der Waals surface area contributed by atoms with Crippen LogP contribution in [-0.2, 0) is 4.74 Å². The molecule has 32 heavy (non-hydrogen) atoms. The predicted molar refractivity (Wildman–Crippen MR) is 123 cm³/mol. The van der Waals surface area contributed by atoms with Crippen LogP contribution in [0.4, 0.5) is 0 Å². The number of hydrogen-bond acceptors (Lipinski definition) is 5. The van der Waals surface area contributed by atoms with Crippen LogP contribution in [0.25, 0.3) is 0 Å². The Morgan fingerprint density at radius 1 is 1.00 bits per heavy atom. The highest BCUT2D eigenvalue weighted by Gasteiger charge is 2.75. The largest absolute Gasteiger partial charge is 0.396 e. The highest BCUT2D eigenvalue weighted by molar-refractivity contribution is 5.22. The fourth-order valence-corrected chi connectivity index (χ4v) is 9.69. The number of fused-ring (bicyclic) bond motifs is 7. The lowest BCUT2D eigenvalue weighted by atomic mass is 9.44. The summed E-state index contributed by atoms with van der Waals surface area (Å²) in [6.45, 7) is 8.86. The van der Waals surface area contributed by atoms with Crippen LogP contribution in [0.3, 0.4) is 0 Å². The molecule has 4 aliphatic carbocycles. The Labute approximate surface area is 193 Å². The summed E-state index contributed by atoms with van der Waals surface area (Å²) in [5, 5.41) is 43.4. The molecule has 0 aromatic rings. The van der Waals surface area contributed by atoms with Crippen molar-refractivity contribution in [1.29, 1.82) is 0 Å². The normalized spacial score (nSPS) is 57.9. The van der Waals surface area contributed by atoms with Crippen molar-refractivity contribution < 1.29 is 25.2 Å². The fraction of sp³-hybridized carbons (Fsp3) is 1.00. The molecule has 5 fully saturated rings. The van der Waals surface area contributed by atoms with Crippen molar-refractivity contribution in [2.45, 2.75) is 115 Å². The number of hydrogen-bond donors (Lipinski definition) is 4. The van der Waals surface area contributed by atoms with E-state index in [9.17, 15) is 20.4 Å². The van der Waals surface area contributed by atoms with Gasteiger partial charge in [-0.15, -0.1) is 0 Å². The maximum absolute atomic E-state index is 12.3. The van der Waals surface area contributed by atoms with E-state index in [2.05, 4.69) is 13.8 Å². The zero-order valence-electron chi connectivity index (χ0n) is 20.6. The van der Waals surface area contributed by atoms with E-state index in [0.29, 0.717) is 41.9 Å². The molecule has 1 aliphatic heterocycles. The van der Waals surface area contributed by atoms with E-state index in [-0.39, 0.29) is 36.1 Å². The van der Waals surface area contributed by atoms with Gasteiger partial charge >= 0.3 is 0 Å². The highest BCUT2D eigenvalue weighted by atomic mass is 16.7. The third kappa shape index (κ3) is 3.00. The molecule has 12 atom stereocenters. The third-order valence-electron chi connectivity index (χ3n) is 11.9. The lowest BCUT2D eigenvalue weighted by Gasteiger charge is -2.62. The molecule has 5 rings (SSSR count). The second-order valence-corrected chi connectivity index (χ2v) is 13.1. The monoisotopic (exact) mass is 450 g/mol. The molecule has 0 amide bonds. The molecular formula is C27H46O5. The average Bonchev–Trinajstić information content (AvgIpc) is 3.10. The van der Waals surface area contributed by atoms with Gasteiger partial charge in [-0.3, -0.25) is 0 Å². The SMILES string of the molecule is CC(CO)CCC1(O)O[C@H]2C[C@H]3[C@@H]4CCC5CC(O)CC[C@]5(C)[C@H]4CC[C@]3(C)[C@@]2(O)[C@@H]1C. The molecule has 5 aliphatic rings. The van der Waals surface area contributed by atoms with Crippen molar-refractivity contribution >= 4 is 0 Å². The van der Waals surface area contributed by atoms with Crippen LogP contribution in [0.5, 0.6) is 0 Å². The van der Waals surface area contributed by atoms with Crippen molar-refractivity contribution in [2.75, 3.05) is 6.61 Å². The molecule has 4 saturated carbocycles. The van der Waals surface area contributed by atoms with E-state index in [1.165, 1.54) is 12.8 Å². The Morgan fingerprint density at radius 3 is 2.47 bits per heavy atom. The van der Waals surface area contributed by atoms with E-state index in [4.69, 9.17) is 4.74 Å². The molecule has 0 aromatic heterocycles. The summed E-state index contributed by atoms with van der Waals surface area (Å²) >= 11 is 0. The van der Waals surface area contributed by atoms with E-state index in [0.717, 1.165) is 38.5 Å². The summed E-state index contributed by atoms with van der Waals surface area (Å²) in [7, 11) is 0. The van der Waals surface area contributed by atoms with E-state index >= 15 is 0 Å². The molecule has 1 heterocycles. The van der Waals surface area contributed by atoms with Gasteiger partial charge < -0.3 is 25.2 Å². The molecule has 0 aromatic carbocycles. The van der Waals surface area contributed by atoms with Gasteiger partial charge in [0, 0.05) is 24.4 Å². The first-order chi connectivity index (χ1) is 15.0. The van der Waals surface area contributed by atoms with Gasteiger partial charge in [-0.05, 0) is 92.8 Å². The van der Waals surface area contributed by atoms with Crippen molar-refractivity contribution in [3.05, 3.63) is 0 Å². The molecule has 4 unspecified atom stereocenters. The van der Waals surface area contributed by atoms with Crippen LogP contribution in [0.2, 0.25) is 0 Å². The molecule has 0 radical (unpaired) electrons. The lowest BCUT2D eigenvalue weighted by Crippen LogP contribution is -2.60. The minimum absolute atomic E-state index is 0.109. The smallest absolute Gasteiger partial charge is 0.171 e. The van der Waals surface area contributed by atoms with Crippen molar-refractivity contribution in [3.63, 3.8) is 0 Å². The highest BCUT2D eigenvalue weighted by Crippen LogP contribution is 2.72. The van der Waals surface area contributed by atoms with Gasteiger partial charge in [0.25, 0.3) is 0 Å². The van der Waals surface area contributed by atoms with Gasteiger partial charge in [-0.25, -0.2) is 0 Å².